The van der Waals surface area contributed by atoms with Crippen LogP contribution in [0.1, 0.15) is 23.6 Å². The van der Waals surface area contributed by atoms with Crippen LogP contribution in [0.4, 0.5) is 0 Å². The van der Waals surface area contributed by atoms with Gasteiger partial charge in [-0.25, -0.2) is 0 Å². The normalized spacial score (nSPS) is 11.2. The third kappa shape index (κ3) is 5.18. The van der Waals surface area contributed by atoms with E-state index >= 15 is 0 Å². The number of hydrogen-bond donors (Lipinski definition) is 1. The Morgan fingerprint density at radius 2 is 1.52 bits per heavy atom. The predicted molar refractivity (Wildman–Crippen MR) is 102 cm³/mol. The molecule has 0 aliphatic heterocycles. The van der Waals surface area contributed by atoms with Crippen molar-refractivity contribution in [3.8, 4) is 23.0 Å². The van der Waals surface area contributed by atoms with Gasteiger partial charge < -0.3 is 24.7 Å². The van der Waals surface area contributed by atoms with Crippen molar-refractivity contribution in [2.24, 2.45) is 5.73 Å². The summed E-state index contributed by atoms with van der Waals surface area (Å²) in [6, 6.07) is 11.7. The van der Waals surface area contributed by atoms with Crippen molar-refractivity contribution in [3.05, 3.63) is 47.5 Å². The molecule has 2 aromatic rings. The lowest BCUT2D eigenvalue weighted by atomic mass is 9.99. The van der Waals surface area contributed by atoms with Gasteiger partial charge in [-0.15, -0.1) is 12.4 Å². The van der Waals surface area contributed by atoms with Crippen molar-refractivity contribution >= 4 is 12.4 Å². The quantitative estimate of drug-likeness (QED) is 0.769. The molecule has 1 unspecified atom stereocenters. The molecule has 0 radical (unpaired) electrons. The van der Waals surface area contributed by atoms with Gasteiger partial charge >= 0.3 is 0 Å². The van der Waals surface area contributed by atoms with Crippen LogP contribution >= 0.6 is 12.4 Å². The van der Waals surface area contributed by atoms with Crippen molar-refractivity contribution in [1.82, 2.24) is 0 Å². The Morgan fingerprint density at radius 3 is 2.04 bits per heavy atom. The Hall–Kier alpha value is -2.11. The van der Waals surface area contributed by atoms with Crippen molar-refractivity contribution in [2.45, 2.75) is 18.9 Å². The Kier molecular flexibility index (Phi) is 8.38. The molecule has 0 aliphatic rings. The topological polar surface area (TPSA) is 62.9 Å². The number of rotatable bonds is 8. The van der Waals surface area contributed by atoms with Crippen LogP contribution in [0.3, 0.4) is 0 Å². The van der Waals surface area contributed by atoms with Gasteiger partial charge in [0.1, 0.15) is 5.75 Å². The zero-order valence-electron chi connectivity index (χ0n) is 15.1. The van der Waals surface area contributed by atoms with Gasteiger partial charge in [0, 0.05) is 6.04 Å². The summed E-state index contributed by atoms with van der Waals surface area (Å²) in [7, 11) is 6.48. The maximum atomic E-state index is 6.32. The maximum Gasteiger partial charge on any atom is 0.203 e. The molecule has 138 valence electrons. The average molecular weight is 368 g/mol. The number of halogens is 1. The van der Waals surface area contributed by atoms with Crippen LogP contribution in [0, 0.1) is 0 Å². The second-order valence-electron chi connectivity index (χ2n) is 5.46. The fraction of sp³-hybridized carbons (Fsp3) is 0.368. The van der Waals surface area contributed by atoms with E-state index in [0.717, 1.165) is 29.7 Å². The summed E-state index contributed by atoms with van der Waals surface area (Å²) in [5.41, 5.74) is 8.46. The number of methoxy groups -OCH3 is 4. The monoisotopic (exact) mass is 367 g/mol. The first kappa shape index (κ1) is 20.9. The molecule has 1 atom stereocenters. The minimum absolute atomic E-state index is 0. The highest BCUT2D eigenvalue weighted by Gasteiger charge is 2.14. The molecule has 0 fully saturated rings. The molecule has 6 heteroatoms. The van der Waals surface area contributed by atoms with E-state index < -0.39 is 0 Å². The summed E-state index contributed by atoms with van der Waals surface area (Å²) < 4.78 is 21.4. The van der Waals surface area contributed by atoms with Gasteiger partial charge in [0.05, 0.1) is 28.4 Å². The molecule has 2 N–H and O–H groups in total. The third-order valence-electron chi connectivity index (χ3n) is 3.99. The van der Waals surface area contributed by atoms with Crippen LogP contribution in [0.5, 0.6) is 23.0 Å². The van der Waals surface area contributed by atoms with Crippen molar-refractivity contribution in [2.75, 3.05) is 28.4 Å². The SMILES string of the molecule is COc1cccc(C(N)CCc2cc(OC)c(OC)c(OC)c2)c1.Cl. The van der Waals surface area contributed by atoms with Crippen molar-refractivity contribution < 1.29 is 18.9 Å². The Labute approximate surface area is 155 Å². The summed E-state index contributed by atoms with van der Waals surface area (Å²) >= 11 is 0. The molecule has 0 heterocycles. The van der Waals surface area contributed by atoms with E-state index in [9.17, 15) is 0 Å². The molecule has 0 saturated carbocycles. The molecule has 2 aromatic carbocycles. The summed E-state index contributed by atoms with van der Waals surface area (Å²) in [6.45, 7) is 0. The van der Waals surface area contributed by atoms with Gasteiger partial charge in [0.2, 0.25) is 5.75 Å². The molecule has 25 heavy (non-hydrogen) atoms. The van der Waals surface area contributed by atoms with Crippen LogP contribution < -0.4 is 24.7 Å². The number of nitrogens with two attached hydrogens (primary N) is 1. The summed E-state index contributed by atoms with van der Waals surface area (Å²) in [5.74, 6) is 2.72. The molecule has 0 spiro atoms. The first-order valence-electron chi connectivity index (χ1n) is 7.81. The first-order chi connectivity index (χ1) is 11.6. The van der Waals surface area contributed by atoms with Crippen LogP contribution in [-0.2, 0) is 6.42 Å². The molecule has 0 saturated heterocycles. The summed E-state index contributed by atoms with van der Waals surface area (Å²) in [6.07, 6.45) is 1.60. The number of hydrogen-bond acceptors (Lipinski definition) is 5. The smallest absolute Gasteiger partial charge is 0.203 e. The second-order valence-corrected chi connectivity index (χ2v) is 5.46. The molecule has 0 bridgehead atoms. The van der Waals surface area contributed by atoms with Gasteiger partial charge in [0.25, 0.3) is 0 Å². The second kappa shape index (κ2) is 10.0. The zero-order chi connectivity index (χ0) is 17.5. The van der Waals surface area contributed by atoms with Gasteiger partial charge in [-0.3, -0.25) is 0 Å². The Balaban J connectivity index is 0.00000312. The van der Waals surface area contributed by atoms with Gasteiger partial charge in [-0.1, -0.05) is 12.1 Å². The minimum Gasteiger partial charge on any atom is -0.497 e. The largest absolute Gasteiger partial charge is 0.497 e. The molecule has 2 rings (SSSR count). The third-order valence-corrected chi connectivity index (χ3v) is 3.99. The van der Waals surface area contributed by atoms with E-state index in [0.29, 0.717) is 17.2 Å². The minimum atomic E-state index is -0.0702. The van der Waals surface area contributed by atoms with Gasteiger partial charge in [0.15, 0.2) is 11.5 Å². The molecule has 0 aliphatic carbocycles. The molecular formula is C19H26ClNO4. The molecule has 0 amide bonds. The number of benzene rings is 2. The van der Waals surface area contributed by atoms with E-state index in [2.05, 4.69) is 0 Å². The van der Waals surface area contributed by atoms with E-state index in [-0.39, 0.29) is 18.4 Å². The number of aryl methyl sites for hydroxylation is 1. The summed E-state index contributed by atoms with van der Waals surface area (Å²) in [4.78, 5) is 0. The van der Waals surface area contributed by atoms with Gasteiger partial charge in [-0.2, -0.15) is 0 Å². The summed E-state index contributed by atoms with van der Waals surface area (Å²) in [5, 5.41) is 0. The number of ether oxygens (including phenoxy) is 4. The Morgan fingerprint density at radius 1 is 0.880 bits per heavy atom. The van der Waals surface area contributed by atoms with E-state index in [1.807, 2.05) is 36.4 Å². The fourth-order valence-electron chi connectivity index (χ4n) is 2.64. The Bertz CT molecular complexity index is 653. The first-order valence-corrected chi connectivity index (χ1v) is 7.81. The van der Waals surface area contributed by atoms with Crippen LogP contribution in [0.15, 0.2) is 36.4 Å². The van der Waals surface area contributed by atoms with Crippen LogP contribution in [0.2, 0.25) is 0 Å². The van der Waals surface area contributed by atoms with E-state index in [4.69, 9.17) is 24.7 Å². The van der Waals surface area contributed by atoms with E-state index in [1.165, 1.54) is 0 Å². The van der Waals surface area contributed by atoms with Crippen LogP contribution in [-0.4, -0.2) is 28.4 Å². The maximum absolute atomic E-state index is 6.32. The molecule has 5 nitrogen and oxygen atoms in total. The fourth-order valence-corrected chi connectivity index (χ4v) is 2.64. The standard InChI is InChI=1S/C19H25NO4.ClH/c1-21-15-7-5-6-14(12-15)16(20)9-8-13-10-17(22-2)19(24-4)18(11-13)23-3;/h5-7,10-12,16H,8-9,20H2,1-4H3;1H. The van der Waals surface area contributed by atoms with Gasteiger partial charge in [-0.05, 0) is 48.2 Å². The van der Waals surface area contributed by atoms with Crippen molar-refractivity contribution in [3.63, 3.8) is 0 Å². The van der Waals surface area contributed by atoms with E-state index in [1.54, 1.807) is 28.4 Å². The highest BCUT2D eigenvalue weighted by Crippen LogP contribution is 2.38. The zero-order valence-corrected chi connectivity index (χ0v) is 15.9. The predicted octanol–water partition coefficient (Wildman–Crippen LogP) is 3.78. The highest BCUT2D eigenvalue weighted by molar-refractivity contribution is 5.85. The lowest BCUT2D eigenvalue weighted by Gasteiger charge is -2.16. The molecule has 0 aromatic heterocycles. The van der Waals surface area contributed by atoms with Crippen molar-refractivity contribution in [1.29, 1.82) is 0 Å². The average Bonchev–Trinajstić information content (AvgIpc) is 2.64. The highest BCUT2D eigenvalue weighted by atomic mass is 35.5. The lowest BCUT2D eigenvalue weighted by Crippen LogP contribution is -2.11. The molecular weight excluding hydrogens is 342 g/mol. The van der Waals surface area contributed by atoms with Crippen LogP contribution in [0.25, 0.3) is 0 Å². The lowest BCUT2D eigenvalue weighted by molar-refractivity contribution is 0.323.